The van der Waals surface area contributed by atoms with Crippen LogP contribution >= 0.6 is 11.8 Å². The first kappa shape index (κ1) is 15.0. The monoisotopic (exact) mass is 307 g/mol. The topological polar surface area (TPSA) is 30.5 Å². The second kappa shape index (κ2) is 7.41. The third-order valence-electron chi connectivity index (χ3n) is 4.53. The molecule has 0 saturated heterocycles. The largest absolute Gasteiger partial charge is 0.486 e. The van der Waals surface area contributed by atoms with Gasteiger partial charge in [0.05, 0.1) is 0 Å². The molecular weight excluding hydrogens is 282 g/mol. The van der Waals surface area contributed by atoms with Crippen molar-refractivity contribution in [3.63, 3.8) is 0 Å². The van der Waals surface area contributed by atoms with Gasteiger partial charge in [0.25, 0.3) is 0 Å². The van der Waals surface area contributed by atoms with Gasteiger partial charge < -0.3 is 14.8 Å². The summed E-state index contributed by atoms with van der Waals surface area (Å²) in [5.41, 5.74) is 0. The average molecular weight is 307 g/mol. The second-order valence-electron chi connectivity index (χ2n) is 5.91. The first-order valence-corrected chi connectivity index (χ1v) is 9.05. The van der Waals surface area contributed by atoms with E-state index in [2.05, 4.69) is 24.5 Å². The van der Waals surface area contributed by atoms with Gasteiger partial charge in [0, 0.05) is 16.7 Å². The average Bonchev–Trinajstić information content (AvgIpc) is 2.56. The van der Waals surface area contributed by atoms with Gasteiger partial charge in [0.15, 0.2) is 11.5 Å². The molecule has 0 spiro atoms. The third-order valence-corrected chi connectivity index (χ3v) is 5.65. The summed E-state index contributed by atoms with van der Waals surface area (Å²) in [6, 6.07) is 6.91. The van der Waals surface area contributed by atoms with Crippen LogP contribution in [0.15, 0.2) is 23.1 Å². The van der Waals surface area contributed by atoms with Crippen LogP contribution in [0.25, 0.3) is 0 Å². The number of nitrogens with one attached hydrogen (secondary N) is 1. The van der Waals surface area contributed by atoms with Crippen molar-refractivity contribution in [1.82, 2.24) is 5.32 Å². The normalized spacial score (nSPS) is 20.2. The zero-order valence-corrected chi connectivity index (χ0v) is 13.6. The maximum absolute atomic E-state index is 5.66. The zero-order chi connectivity index (χ0) is 14.5. The Hall–Kier alpha value is -0.870. The van der Waals surface area contributed by atoms with Gasteiger partial charge in [0.1, 0.15) is 13.2 Å². The standard InChI is InChI=1S/C17H25NO2S/c1-18-15(13-5-3-2-4-6-13)12-21-14-7-8-16-17(11-14)20-10-9-19-16/h7-8,11,13,15,18H,2-6,9-10,12H2,1H3. The SMILES string of the molecule is CNC(CSc1ccc2c(c1)OCCO2)C1CCCCC1. The van der Waals surface area contributed by atoms with E-state index in [1.54, 1.807) is 0 Å². The number of ether oxygens (including phenoxy) is 2. The van der Waals surface area contributed by atoms with Gasteiger partial charge in [-0.2, -0.15) is 0 Å². The number of benzene rings is 1. The van der Waals surface area contributed by atoms with Gasteiger partial charge in [-0.15, -0.1) is 11.8 Å². The predicted molar refractivity (Wildman–Crippen MR) is 87.6 cm³/mol. The smallest absolute Gasteiger partial charge is 0.162 e. The van der Waals surface area contributed by atoms with Crippen LogP contribution in [0, 0.1) is 5.92 Å². The van der Waals surface area contributed by atoms with E-state index in [-0.39, 0.29) is 0 Å². The molecule has 0 radical (unpaired) electrons. The fourth-order valence-electron chi connectivity index (χ4n) is 3.29. The van der Waals surface area contributed by atoms with E-state index in [9.17, 15) is 0 Å². The van der Waals surface area contributed by atoms with E-state index in [4.69, 9.17) is 9.47 Å². The summed E-state index contributed by atoms with van der Waals surface area (Å²) in [4.78, 5) is 1.27. The first-order valence-electron chi connectivity index (χ1n) is 8.06. The Balaban J connectivity index is 1.58. The van der Waals surface area contributed by atoms with Crippen LogP contribution in [0.5, 0.6) is 11.5 Å². The highest BCUT2D eigenvalue weighted by atomic mass is 32.2. The van der Waals surface area contributed by atoms with E-state index < -0.39 is 0 Å². The molecule has 1 aliphatic carbocycles. The van der Waals surface area contributed by atoms with Crippen molar-refractivity contribution in [2.45, 2.75) is 43.0 Å². The molecule has 0 aromatic heterocycles. The van der Waals surface area contributed by atoms with Crippen molar-refractivity contribution in [2.24, 2.45) is 5.92 Å². The highest BCUT2D eigenvalue weighted by Gasteiger charge is 2.22. The summed E-state index contributed by atoms with van der Waals surface area (Å²) < 4.78 is 11.2. The van der Waals surface area contributed by atoms with E-state index in [1.807, 2.05) is 17.8 Å². The number of rotatable bonds is 5. The summed E-state index contributed by atoms with van der Waals surface area (Å²) in [6.45, 7) is 1.31. The number of thioether (sulfide) groups is 1. The minimum Gasteiger partial charge on any atom is -0.486 e. The molecule has 1 aromatic carbocycles. The van der Waals surface area contributed by atoms with Crippen molar-refractivity contribution in [3.05, 3.63) is 18.2 Å². The van der Waals surface area contributed by atoms with Gasteiger partial charge in [-0.1, -0.05) is 19.3 Å². The summed E-state index contributed by atoms with van der Waals surface area (Å²) >= 11 is 1.92. The lowest BCUT2D eigenvalue weighted by Gasteiger charge is -2.30. The van der Waals surface area contributed by atoms with Crippen LogP contribution in [-0.4, -0.2) is 32.1 Å². The fraction of sp³-hybridized carbons (Fsp3) is 0.647. The van der Waals surface area contributed by atoms with E-state index in [0.29, 0.717) is 19.3 Å². The molecule has 4 heteroatoms. The van der Waals surface area contributed by atoms with Crippen LogP contribution in [0.4, 0.5) is 0 Å². The lowest BCUT2D eigenvalue weighted by Crippen LogP contribution is -2.36. The Kier molecular flexibility index (Phi) is 5.31. The predicted octanol–water partition coefficient (Wildman–Crippen LogP) is 3.72. The molecule has 1 atom stereocenters. The zero-order valence-electron chi connectivity index (χ0n) is 12.8. The third kappa shape index (κ3) is 3.86. The van der Waals surface area contributed by atoms with Crippen LogP contribution < -0.4 is 14.8 Å². The molecule has 1 unspecified atom stereocenters. The van der Waals surface area contributed by atoms with Crippen LogP contribution in [-0.2, 0) is 0 Å². The second-order valence-corrected chi connectivity index (χ2v) is 7.00. The Morgan fingerprint density at radius 2 is 1.90 bits per heavy atom. The Morgan fingerprint density at radius 1 is 1.14 bits per heavy atom. The van der Waals surface area contributed by atoms with Gasteiger partial charge in [-0.25, -0.2) is 0 Å². The quantitative estimate of drug-likeness (QED) is 0.840. The van der Waals surface area contributed by atoms with Gasteiger partial charge in [-0.3, -0.25) is 0 Å². The van der Waals surface area contributed by atoms with Crippen molar-refractivity contribution < 1.29 is 9.47 Å². The molecular formula is C17H25NO2S. The minimum absolute atomic E-state index is 0.614. The molecule has 3 rings (SSSR count). The van der Waals surface area contributed by atoms with Crippen LogP contribution in [0.3, 0.4) is 0 Å². The lowest BCUT2D eigenvalue weighted by molar-refractivity contribution is 0.171. The molecule has 3 nitrogen and oxygen atoms in total. The molecule has 21 heavy (non-hydrogen) atoms. The van der Waals surface area contributed by atoms with E-state index >= 15 is 0 Å². The molecule has 0 bridgehead atoms. The summed E-state index contributed by atoms with van der Waals surface area (Å²) in [7, 11) is 2.10. The molecule has 1 fully saturated rings. The maximum Gasteiger partial charge on any atom is 0.162 e. The van der Waals surface area contributed by atoms with Crippen molar-refractivity contribution >= 4 is 11.8 Å². The van der Waals surface area contributed by atoms with Crippen LogP contribution in [0.2, 0.25) is 0 Å². The summed E-state index contributed by atoms with van der Waals surface area (Å²) in [6.07, 6.45) is 6.98. The molecule has 1 aromatic rings. The van der Waals surface area contributed by atoms with Gasteiger partial charge in [-0.05, 0) is 44.0 Å². The molecule has 0 amide bonds. The Morgan fingerprint density at radius 3 is 2.67 bits per heavy atom. The number of hydrogen-bond acceptors (Lipinski definition) is 4. The van der Waals surface area contributed by atoms with E-state index in [1.165, 1.54) is 37.0 Å². The molecule has 2 aliphatic rings. The molecule has 116 valence electrons. The summed E-state index contributed by atoms with van der Waals surface area (Å²) in [5.74, 6) is 3.74. The van der Waals surface area contributed by atoms with Crippen molar-refractivity contribution in [3.8, 4) is 11.5 Å². The fourth-order valence-corrected chi connectivity index (χ4v) is 4.46. The number of fused-ring (bicyclic) bond motifs is 1. The van der Waals surface area contributed by atoms with Crippen LogP contribution in [0.1, 0.15) is 32.1 Å². The van der Waals surface area contributed by atoms with Gasteiger partial charge >= 0.3 is 0 Å². The van der Waals surface area contributed by atoms with Crippen molar-refractivity contribution in [1.29, 1.82) is 0 Å². The molecule has 1 saturated carbocycles. The Labute approximate surface area is 131 Å². The van der Waals surface area contributed by atoms with E-state index in [0.717, 1.165) is 23.2 Å². The molecule has 1 N–H and O–H groups in total. The minimum atomic E-state index is 0.614. The first-order chi connectivity index (χ1) is 10.4. The molecule has 1 heterocycles. The maximum atomic E-state index is 5.66. The highest BCUT2D eigenvalue weighted by Crippen LogP contribution is 2.35. The summed E-state index contributed by atoms with van der Waals surface area (Å²) in [5, 5.41) is 3.53. The Bertz CT molecular complexity index is 460. The number of hydrogen-bond donors (Lipinski definition) is 1. The van der Waals surface area contributed by atoms with Crippen molar-refractivity contribution in [2.75, 3.05) is 26.0 Å². The lowest BCUT2D eigenvalue weighted by atomic mass is 9.84. The highest BCUT2D eigenvalue weighted by molar-refractivity contribution is 7.99. The molecule has 1 aliphatic heterocycles. The van der Waals surface area contributed by atoms with Gasteiger partial charge in [0.2, 0.25) is 0 Å².